The van der Waals surface area contributed by atoms with Gasteiger partial charge in [-0.15, -0.1) is 0 Å². The van der Waals surface area contributed by atoms with Gasteiger partial charge in [0, 0.05) is 19.0 Å². The predicted molar refractivity (Wildman–Crippen MR) is 58.1 cm³/mol. The van der Waals surface area contributed by atoms with Crippen molar-refractivity contribution in [3.05, 3.63) is 0 Å². The predicted octanol–water partition coefficient (Wildman–Crippen LogP) is -0.364. The van der Waals surface area contributed by atoms with Crippen LogP contribution in [0.25, 0.3) is 0 Å². The summed E-state index contributed by atoms with van der Waals surface area (Å²) in [6, 6.07) is -0.142. The highest BCUT2D eigenvalue weighted by molar-refractivity contribution is 6.03. The van der Waals surface area contributed by atoms with E-state index in [4.69, 9.17) is 5.11 Å². The molecule has 2 aliphatic rings. The molecule has 6 heteroatoms. The Kier molecular flexibility index (Phi) is 3.04. The molecule has 2 amide bonds. The molecule has 1 unspecified atom stereocenters. The van der Waals surface area contributed by atoms with Crippen molar-refractivity contribution < 1.29 is 19.5 Å². The zero-order valence-corrected chi connectivity index (χ0v) is 9.49. The molecule has 3 N–H and O–H groups in total. The first kappa shape index (κ1) is 11.9. The third-order valence-electron chi connectivity index (χ3n) is 3.65. The monoisotopic (exact) mass is 240 g/mol. The first-order valence-corrected chi connectivity index (χ1v) is 5.86. The molecular formula is C11H16N2O4. The maximum absolute atomic E-state index is 11.9. The zero-order chi connectivity index (χ0) is 12.5. The summed E-state index contributed by atoms with van der Waals surface area (Å²) in [7, 11) is 0. The third kappa shape index (κ3) is 2.11. The van der Waals surface area contributed by atoms with Crippen molar-refractivity contribution in [1.29, 1.82) is 0 Å². The summed E-state index contributed by atoms with van der Waals surface area (Å²) in [5.41, 5.74) is -1.22. The fourth-order valence-electron chi connectivity index (χ4n) is 2.25. The van der Waals surface area contributed by atoms with E-state index in [9.17, 15) is 14.4 Å². The molecule has 1 aliphatic carbocycles. The van der Waals surface area contributed by atoms with Gasteiger partial charge in [0.05, 0.1) is 0 Å². The highest BCUT2D eigenvalue weighted by Gasteiger charge is 2.51. The molecule has 0 bridgehead atoms. The van der Waals surface area contributed by atoms with Crippen LogP contribution in [0.3, 0.4) is 0 Å². The number of rotatable bonds is 3. The molecule has 2 rings (SSSR count). The molecule has 0 aromatic carbocycles. The van der Waals surface area contributed by atoms with Crippen LogP contribution < -0.4 is 10.6 Å². The van der Waals surface area contributed by atoms with Gasteiger partial charge in [0.25, 0.3) is 0 Å². The Balaban J connectivity index is 1.92. The van der Waals surface area contributed by atoms with Gasteiger partial charge >= 0.3 is 5.97 Å². The highest BCUT2D eigenvalue weighted by Crippen LogP contribution is 2.41. The summed E-state index contributed by atoms with van der Waals surface area (Å²) in [6.45, 7) is 0.389. The van der Waals surface area contributed by atoms with Crippen LogP contribution in [0, 0.1) is 5.41 Å². The summed E-state index contributed by atoms with van der Waals surface area (Å²) in [5.74, 6) is -1.47. The number of carboxylic acids is 1. The molecule has 0 aromatic rings. The second-order valence-electron chi connectivity index (χ2n) is 4.75. The molecule has 6 nitrogen and oxygen atoms in total. The van der Waals surface area contributed by atoms with E-state index in [0.29, 0.717) is 32.2 Å². The summed E-state index contributed by atoms with van der Waals surface area (Å²) in [5, 5.41) is 14.5. The number of nitrogens with one attached hydrogen (secondary N) is 2. The molecule has 94 valence electrons. The quantitative estimate of drug-likeness (QED) is 0.587. The van der Waals surface area contributed by atoms with Crippen LogP contribution in [0.4, 0.5) is 0 Å². The SMILES string of the molecule is O=C1CCC(NC(=O)C2(C(=O)O)CCC2)CN1. The van der Waals surface area contributed by atoms with Crippen molar-refractivity contribution in [3.8, 4) is 0 Å². The van der Waals surface area contributed by atoms with Gasteiger partial charge in [-0.25, -0.2) is 0 Å². The molecule has 1 saturated carbocycles. The molecule has 1 atom stereocenters. The summed E-state index contributed by atoms with van der Waals surface area (Å²) in [4.78, 5) is 34.0. The van der Waals surface area contributed by atoms with Crippen molar-refractivity contribution in [3.63, 3.8) is 0 Å². The van der Waals surface area contributed by atoms with E-state index in [2.05, 4.69) is 10.6 Å². The summed E-state index contributed by atoms with van der Waals surface area (Å²) < 4.78 is 0. The van der Waals surface area contributed by atoms with Gasteiger partial charge in [0.15, 0.2) is 0 Å². The average Bonchev–Trinajstić information content (AvgIpc) is 2.19. The molecular weight excluding hydrogens is 224 g/mol. The van der Waals surface area contributed by atoms with E-state index >= 15 is 0 Å². The van der Waals surface area contributed by atoms with E-state index < -0.39 is 17.3 Å². The van der Waals surface area contributed by atoms with Gasteiger partial charge < -0.3 is 15.7 Å². The van der Waals surface area contributed by atoms with Crippen molar-refractivity contribution in [2.24, 2.45) is 5.41 Å². The largest absolute Gasteiger partial charge is 0.480 e. The van der Waals surface area contributed by atoms with E-state index in [1.54, 1.807) is 0 Å². The normalized spacial score (nSPS) is 26.6. The lowest BCUT2D eigenvalue weighted by Crippen LogP contribution is -2.56. The maximum Gasteiger partial charge on any atom is 0.319 e. The number of carbonyl (C=O) groups excluding carboxylic acids is 2. The minimum Gasteiger partial charge on any atom is -0.480 e. The van der Waals surface area contributed by atoms with Gasteiger partial charge in [-0.3, -0.25) is 14.4 Å². The smallest absolute Gasteiger partial charge is 0.319 e. The van der Waals surface area contributed by atoms with Crippen molar-refractivity contribution in [2.45, 2.75) is 38.1 Å². The first-order chi connectivity index (χ1) is 8.04. The van der Waals surface area contributed by atoms with Crippen LogP contribution in [-0.2, 0) is 14.4 Å². The highest BCUT2D eigenvalue weighted by atomic mass is 16.4. The number of carboxylic acid groups (broad SMARTS) is 1. The molecule has 1 heterocycles. The van der Waals surface area contributed by atoms with Gasteiger partial charge in [0.1, 0.15) is 5.41 Å². The fourth-order valence-corrected chi connectivity index (χ4v) is 2.25. The standard InChI is InChI=1S/C11H16N2O4/c14-8-3-2-7(6-12-8)13-9(15)11(10(16)17)4-1-5-11/h7H,1-6H2,(H,12,14)(H,13,15)(H,16,17). The molecule has 1 saturated heterocycles. The van der Waals surface area contributed by atoms with Crippen LogP contribution in [-0.4, -0.2) is 35.5 Å². The molecule has 0 radical (unpaired) electrons. The van der Waals surface area contributed by atoms with Crippen LogP contribution in [0.1, 0.15) is 32.1 Å². The second-order valence-corrected chi connectivity index (χ2v) is 4.75. The van der Waals surface area contributed by atoms with Gasteiger partial charge in [-0.05, 0) is 19.3 Å². The number of aliphatic carboxylic acids is 1. The molecule has 17 heavy (non-hydrogen) atoms. The Morgan fingerprint density at radius 2 is 2.12 bits per heavy atom. The lowest BCUT2D eigenvalue weighted by atomic mass is 9.68. The number of carbonyl (C=O) groups is 3. The van der Waals surface area contributed by atoms with Gasteiger partial charge in [0.2, 0.25) is 11.8 Å². The number of hydrogen-bond donors (Lipinski definition) is 3. The Morgan fingerprint density at radius 3 is 2.53 bits per heavy atom. The molecule has 0 aromatic heterocycles. The van der Waals surface area contributed by atoms with Crippen molar-refractivity contribution in [2.75, 3.05) is 6.54 Å². The topological polar surface area (TPSA) is 95.5 Å². The number of piperidine rings is 1. The fraction of sp³-hybridized carbons (Fsp3) is 0.727. The Morgan fingerprint density at radius 1 is 1.41 bits per heavy atom. The average molecular weight is 240 g/mol. The minimum atomic E-state index is -1.22. The van der Waals surface area contributed by atoms with E-state index in [1.807, 2.05) is 0 Å². The minimum absolute atomic E-state index is 0.0212. The Hall–Kier alpha value is -1.59. The van der Waals surface area contributed by atoms with Crippen LogP contribution in [0.15, 0.2) is 0 Å². The van der Waals surface area contributed by atoms with Gasteiger partial charge in [-0.2, -0.15) is 0 Å². The first-order valence-electron chi connectivity index (χ1n) is 5.86. The van der Waals surface area contributed by atoms with Crippen molar-refractivity contribution in [1.82, 2.24) is 10.6 Å². The van der Waals surface area contributed by atoms with E-state index in [-0.39, 0.29) is 11.9 Å². The van der Waals surface area contributed by atoms with E-state index in [1.165, 1.54) is 0 Å². The van der Waals surface area contributed by atoms with Crippen LogP contribution in [0.2, 0.25) is 0 Å². The van der Waals surface area contributed by atoms with Crippen molar-refractivity contribution >= 4 is 17.8 Å². The number of amides is 2. The maximum atomic E-state index is 11.9. The molecule has 2 fully saturated rings. The summed E-state index contributed by atoms with van der Waals surface area (Å²) >= 11 is 0. The van der Waals surface area contributed by atoms with Crippen LogP contribution in [0.5, 0.6) is 0 Å². The summed E-state index contributed by atoms with van der Waals surface area (Å²) in [6.07, 6.45) is 2.56. The Bertz CT molecular complexity index is 352. The lowest BCUT2D eigenvalue weighted by Gasteiger charge is -2.37. The van der Waals surface area contributed by atoms with E-state index in [0.717, 1.165) is 6.42 Å². The van der Waals surface area contributed by atoms with Gasteiger partial charge in [-0.1, -0.05) is 6.42 Å². The number of hydrogen-bond acceptors (Lipinski definition) is 3. The third-order valence-corrected chi connectivity index (χ3v) is 3.65. The Labute approximate surface area is 98.8 Å². The molecule has 0 spiro atoms. The molecule has 1 aliphatic heterocycles. The second kappa shape index (κ2) is 4.35. The zero-order valence-electron chi connectivity index (χ0n) is 9.49. The van der Waals surface area contributed by atoms with Crippen LogP contribution >= 0.6 is 0 Å². The lowest BCUT2D eigenvalue weighted by molar-refractivity contribution is -0.162.